The Morgan fingerprint density at radius 1 is 1.53 bits per heavy atom. The monoisotopic (exact) mass is 263 g/mol. The number of thioether (sulfide) groups is 1. The highest BCUT2D eigenvalue weighted by molar-refractivity contribution is 7.99. The number of rotatable bonds is 6. The molecule has 1 aliphatic heterocycles. The molecule has 7 heteroatoms. The van der Waals surface area contributed by atoms with Crippen LogP contribution in [0.15, 0.2) is 0 Å². The van der Waals surface area contributed by atoms with Crippen LogP contribution in [-0.4, -0.2) is 70.9 Å². The van der Waals surface area contributed by atoms with Crippen LogP contribution in [0.3, 0.4) is 0 Å². The Labute approximate surface area is 104 Å². The summed E-state index contributed by atoms with van der Waals surface area (Å²) in [6.45, 7) is 0.670. The van der Waals surface area contributed by atoms with E-state index in [0.29, 0.717) is 12.4 Å². The summed E-state index contributed by atoms with van der Waals surface area (Å²) >= 11 is 1.40. The Bertz CT molecular complexity index is 286. The van der Waals surface area contributed by atoms with Gasteiger partial charge in [0.15, 0.2) is 0 Å². The number of hydrogen-bond acceptors (Lipinski definition) is 5. The molecule has 0 radical (unpaired) electrons. The lowest BCUT2D eigenvalue weighted by atomic mass is 10.2. The number of aliphatic hydroxyl groups is 1. The first-order valence-corrected chi connectivity index (χ1v) is 6.48. The van der Waals surface area contributed by atoms with Crippen LogP contribution in [0, 0.1) is 0 Å². The van der Waals surface area contributed by atoms with E-state index in [1.54, 1.807) is 7.11 Å². The fourth-order valence-corrected chi connectivity index (χ4v) is 2.48. The van der Waals surface area contributed by atoms with Crippen molar-refractivity contribution in [1.82, 2.24) is 4.90 Å². The standard InChI is InChI=1S/C10H17NO5S/c1-16-2-3-17-6-9(13)11-5-7(12)4-8(11)10(14)15/h7-8,12H,2-6H2,1H3,(H,14,15)/t7-,8-/m1/s1. The van der Waals surface area contributed by atoms with E-state index in [1.165, 1.54) is 16.7 Å². The van der Waals surface area contributed by atoms with Gasteiger partial charge in [-0.1, -0.05) is 0 Å². The molecule has 0 spiro atoms. The number of hydrogen-bond donors (Lipinski definition) is 2. The molecule has 1 heterocycles. The van der Waals surface area contributed by atoms with Crippen molar-refractivity contribution in [2.75, 3.05) is 31.8 Å². The highest BCUT2D eigenvalue weighted by Crippen LogP contribution is 2.19. The molecule has 0 unspecified atom stereocenters. The zero-order valence-electron chi connectivity index (χ0n) is 9.66. The fourth-order valence-electron chi connectivity index (χ4n) is 1.71. The predicted octanol–water partition coefficient (Wildman–Crippen LogP) is -0.588. The van der Waals surface area contributed by atoms with Gasteiger partial charge in [-0.15, -0.1) is 11.8 Å². The average Bonchev–Trinajstić information content (AvgIpc) is 2.66. The number of aliphatic carboxylic acids is 1. The van der Waals surface area contributed by atoms with E-state index in [0.717, 1.165) is 0 Å². The van der Waals surface area contributed by atoms with Gasteiger partial charge in [-0.2, -0.15) is 0 Å². The molecule has 1 amide bonds. The van der Waals surface area contributed by atoms with Crippen molar-refractivity contribution in [3.63, 3.8) is 0 Å². The van der Waals surface area contributed by atoms with Gasteiger partial charge in [-0.25, -0.2) is 4.79 Å². The van der Waals surface area contributed by atoms with E-state index in [-0.39, 0.29) is 24.6 Å². The predicted molar refractivity (Wildman–Crippen MR) is 63.0 cm³/mol. The molecule has 17 heavy (non-hydrogen) atoms. The van der Waals surface area contributed by atoms with E-state index < -0.39 is 18.1 Å². The van der Waals surface area contributed by atoms with Crippen LogP contribution in [0.2, 0.25) is 0 Å². The Morgan fingerprint density at radius 3 is 2.82 bits per heavy atom. The summed E-state index contributed by atoms with van der Waals surface area (Å²) < 4.78 is 4.85. The van der Waals surface area contributed by atoms with E-state index in [4.69, 9.17) is 9.84 Å². The van der Waals surface area contributed by atoms with E-state index in [2.05, 4.69) is 0 Å². The molecular formula is C10H17NO5S. The number of nitrogens with zero attached hydrogens (tertiary/aromatic N) is 1. The van der Waals surface area contributed by atoms with Crippen molar-refractivity contribution < 1.29 is 24.5 Å². The molecule has 1 fully saturated rings. The number of carboxylic acids is 1. The maximum atomic E-state index is 11.8. The topological polar surface area (TPSA) is 87.1 Å². The zero-order valence-corrected chi connectivity index (χ0v) is 10.5. The summed E-state index contributed by atoms with van der Waals surface area (Å²) in [6, 6.07) is -0.888. The van der Waals surface area contributed by atoms with E-state index >= 15 is 0 Å². The quantitative estimate of drug-likeness (QED) is 0.623. The van der Waals surface area contributed by atoms with Crippen LogP contribution in [0.1, 0.15) is 6.42 Å². The first kappa shape index (κ1) is 14.3. The molecule has 1 aliphatic rings. The molecule has 0 aromatic heterocycles. The third-order valence-corrected chi connectivity index (χ3v) is 3.45. The number of carboxylic acid groups (broad SMARTS) is 1. The lowest BCUT2D eigenvalue weighted by Crippen LogP contribution is -2.41. The van der Waals surface area contributed by atoms with Crippen molar-refractivity contribution >= 4 is 23.6 Å². The molecule has 98 valence electrons. The van der Waals surface area contributed by atoms with Gasteiger partial charge in [0, 0.05) is 25.8 Å². The number of methoxy groups -OCH3 is 1. The molecule has 0 aliphatic carbocycles. The van der Waals surface area contributed by atoms with Crippen molar-refractivity contribution in [3.05, 3.63) is 0 Å². The Morgan fingerprint density at radius 2 is 2.24 bits per heavy atom. The van der Waals surface area contributed by atoms with Crippen LogP contribution in [0.25, 0.3) is 0 Å². The third kappa shape index (κ3) is 4.18. The number of β-amino-alcohol motifs (C(OH)–C–C–N with tert-alkyl or cyclic N) is 1. The first-order chi connectivity index (χ1) is 8.06. The van der Waals surface area contributed by atoms with Gasteiger partial charge in [-0.3, -0.25) is 4.79 Å². The van der Waals surface area contributed by atoms with Crippen LogP contribution in [0.4, 0.5) is 0 Å². The van der Waals surface area contributed by atoms with Gasteiger partial charge in [-0.05, 0) is 0 Å². The first-order valence-electron chi connectivity index (χ1n) is 5.33. The fraction of sp³-hybridized carbons (Fsp3) is 0.800. The lowest BCUT2D eigenvalue weighted by molar-refractivity contribution is -0.147. The van der Waals surface area contributed by atoms with Gasteiger partial charge in [0.05, 0.1) is 18.5 Å². The normalized spacial score (nSPS) is 24.0. The Hall–Kier alpha value is -0.790. The summed E-state index contributed by atoms with van der Waals surface area (Å²) in [6.07, 6.45) is -0.617. The van der Waals surface area contributed by atoms with Crippen molar-refractivity contribution in [1.29, 1.82) is 0 Å². The molecule has 2 atom stereocenters. The SMILES string of the molecule is COCCSCC(=O)N1C[C@H](O)C[C@@H]1C(=O)O. The van der Waals surface area contributed by atoms with Crippen molar-refractivity contribution in [2.45, 2.75) is 18.6 Å². The van der Waals surface area contributed by atoms with Crippen LogP contribution in [-0.2, 0) is 14.3 Å². The minimum atomic E-state index is -1.06. The summed E-state index contributed by atoms with van der Waals surface area (Å²) in [5.41, 5.74) is 0. The molecule has 0 aromatic rings. The summed E-state index contributed by atoms with van der Waals surface area (Å²) in [5.74, 6) is -0.386. The largest absolute Gasteiger partial charge is 0.480 e. The Kier molecular flexibility index (Phi) is 5.73. The summed E-state index contributed by atoms with van der Waals surface area (Å²) in [7, 11) is 1.58. The minimum Gasteiger partial charge on any atom is -0.480 e. The van der Waals surface area contributed by atoms with Crippen LogP contribution in [0.5, 0.6) is 0 Å². The highest BCUT2D eigenvalue weighted by Gasteiger charge is 2.38. The second-order valence-electron chi connectivity index (χ2n) is 3.84. The number of likely N-dealkylation sites (tertiary alicyclic amines) is 1. The van der Waals surface area contributed by atoms with Gasteiger partial charge >= 0.3 is 5.97 Å². The molecule has 1 saturated heterocycles. The zero-order chi connectivity index (χ0) is 12.8. The molecule has 2 N–H and O–H groups in total. The maximum absolute atomic E-state index is 11.8. The van der Waals surface area contributed by atoms with Crippen molar-refractivity contribution in [2.24, 2.45) is 0 Å². The number of amides is 1. The third-order valence-electron chi connectivity index (χ3n) is 2.54. The van der Waals surface area contributed by atoms with Crippen LogP contribution < -0.4 is 0 Å². The van der Waals surface area contributed by atoms with E-state index in [9.17, 15) is 14.7 Å². The Balaban J connectivity index is 2.41. The second kappa shape index (κ2) is 6.83. The number of aliphatic hydroxyl groups excluding tert-OH is 1. The number of ether oxygens (including phenoxy) is 1. The molecule has 0 aromatic carbocycles. The minimum absolute atomic E-state index is 0.112. The van der Waals surface area contributed by atoms with Crippen molar-refractivity contribution in [3.8, 4) is 0 Å². The molecule has 0 saturated carbocycles. The molecule has 6 nitrogen and oxygen atoms in total. The summed E-state index contributed by atoms with van der Waals surface area (Å²) in [4.78, 5) is 23.9. The average molecular weight is 263 g/mol. The molecular weight excluding hydrogens is 246 g/mol. The second-order valence-corrected chi connectivity index (χ2v) is 4.94. The van der Waals surface area contributed by atoms with E-state index in [1.807, 2.05) is 0 Å². The maximum Gasteiger partial charge on any atom is 0.326 e. The van der Waals surface area contributed by atoms with Gasteiger partial charge < -0.3 is 19.8 Å². The summed E-state index contributed by atoms with van der Waals surface area (Å²) in [5, 5.41) is 18.3. The highest BCUT2D eigenvalue weighted by atomic mass is 32.2. The number of carbonyl (C=O) groups excluding carboxylic acids is 1. The molecule has 0 bridgehead atoms. The number of carbonyl (C=O) groups is 2. The lowest BCUT2D eigenvalue weighted by Gasteiger charge is -2.20. The molecule has 1 rings (SSSR count). The van der Waals surface area contributed by atoms with Gasteiger partial charge in [0.25, 0.3) is 0 Å². The smallest absolute Gasteiger partial charge is 0.326 e. The van der Waals surface area contributed by atoms with Gasteiger partial charge in [0.1, 0.15) is 6.04 Å². The van der Waals surface area contributed by atoms with Gasteiger partial charge in [0.2, 0.25) is 5.91 Å². The van der Waals surface area contributed by atoms with Crippen LogP contribution >= 0.6 is 11.8 Å².